The highest BCUT2D eigenvalue weighted by Gasteiger charge is 2.15. The summed E-state index contributed by atoms with van der Waals surface area (Å²) < 4.78 is 5.22. The number of carbonyl (C=O) groups excluding carboxylic acids is 1. The Morgan fingerprint density at radius 1 is 1.44 bits per heavy atom. The van der Waals surface area contributed by atoms with Crippen molar-refractivity contribution in [3.63, 3.8) is 0 Å². The standard InChI is InChI=1S/C13H19ClN2O2/c1-16(13(17)5-3-4-8-15)11-9-10(14)6-7-12(11)18-2/h6-7,9H,3-5,8,15H2,1-2H3. The number of benzene rings is 1. The van der Waals surface area contributed by atoms with Crippen LogP contribution in [0.25, 0.3) is 0 Å². The maximum absolute atomic E-state index is 12.0. The van der Waals surface area contributed by atoms with Crippen LogP contribution in [0.3, 0.4) is 0 Å². The van der Waals surface area contributed by atoms with E-state index in [9.17, 15) is 4.79 Å². The predicted molar refractivity (Wildman–Crippen MR) is 74.3 cm³/mol. The van der Waals surface area contributed by atoms with Gasteiger partial charge in [0.05, 0.1) is 12.8 Å². The first-order valence-electron chi connectivity index (χ1n) is 5.90. The number of hydrogen-bond acceptors (Lipinski definition) is 3. The molecule has 0 fully saturated rings. The Labute approximate surface area is 113 Å². The van der Waals surface area contributed by atoms with Gasteiger partial charge >= 0.3 is 0 Å². The molecule has 4 nitrogen and oxygen atoms in total. The summed E-state index contributed by atoms with van der Waals surface area (Å²) in [6.07, 6.45) is 2.12. The van der Waals surface area contributed by atoms with Crippen molar-refractivity contribution in [1.82, 2.24) is 0 Å². The average molecular weight is 271 g/mol. The number of amides is 1. The molecule has 1 aromatic rings. The van der Waals surface area contributed by atoms with E-state index in [-0.39, 0.29) is 5.91 Å². The number of nitrogens with zero attached hydrogens (tertiary/aromatic N) is 1. The SMILES string of the molecule is COc1ccc(Cl)cc1N(C)C(=O)CCCCN. The third kappa shape index (κ3) is 3.89. The Kier molecular flexibility index (Phi) is 5.95. The van der Waals surface area contributed by atoms with E-state index in [1.165, 1.54) is 0 Å². The summed E-state index contributed by atoms with van der Waals surface area (Å²) >= 11 is 5.94. The van der Waals surface area contributed by atoms with E-state index in [2.05, 4.69) is 0 Å². The molecule has 0 saturated carbocycles. The Hall–Kier alpha value is -1.26. The highest BCUT2D eigenvalue weighted by atomic mass is 35.5. The lowest BCUT2D eigenvalue weighted by Gasteiger charge is -2.20. The predicted octanol–water partition coefficient (Wildman–Crippen LogP) is 2.44. The van der Waals surface area contributed by atoms with Crippen molar-refractivity contribution >= 4 is 23.2 Å². The van der Waals surface area contributed by atoms with Gasteiger partial charge in [-0.1, -0.05) is 11.6 Å². The van der Waals surface area contributed by atoms with E-state index in [1.54, 1.807) is 37.3 Å². The van der Waals surface area contributed by atoms with E-state index >= 15 is 0 Å². The molecule has 0 aliphatic rings. The van der Waals surface area contributed by atoms with Gasteiger partial charge < -0.3 is 15.4 Å². The van der Waals surface area contributed by atoms with Crippen LogP contribution in [-0.4, -0.2) is 26.6 Å². The summed E-state index contributed by atoms with van der Waals surface area (Å²) in [5.74, 6) is 0.665. The van der Waals surface area contributed by atoms with Crippen LogP contribution in [-0.2, 0) is 4.79 Å². The molecule has 0 aromatic heterocycles. The van der Waals surface area contributed by atoms with Gasteiger partial charge in [0.25, 0.3) is 0 Å². The Bertz CT molecular complexity index is 410. The van der Waals surface area contributed by atoms with Gasteiger partial charge in [-0.05, 0) is 37.6 Å². The largest absolute Gasteiger partial charge is 0.495 e. The maximum atomic E-state index is 12.0. The van der Waals surface area contributed by atoms with Gasteiger partial charge in [-0.25, -0.2) is 0 Å². The fraction of sp³-hybridized carbons (Fsp3) is 0.462. The van der Waals surface area contributed by atoms with Gasteiger partial charge in [-0.2, -0.15) is 0 Å². The minimum atomic E-state index is 0.0315. The van der Waals surface area contributed by atoms with Crippen molar-refractivity contribution in [2.45, 2.75) is 19.3 Å². The zero-order chi connectivity index (χ0) is 13.5. The van der Waals surface area contributed by atoms with Crippen LogP contribution in [0.15, 0.2) is 18.2 Å². The van der Waals surface area contributed by atoms with Gasteiger partial charge in [0, 0.05) is 18.5 Å². The molecule has 0 heterocycles. The molecule has 0 atom stereocenters. The quantitative estimate of drug-likeness (QED) is 0.808. The second-order valence-corrected chi connectivity index (χ2v) is 4.45. The molecule has 100 valence electrons. The maximum Gasteiger partial charge on any atom is 0.226 e. The van der Waals surface area contributed by atoms with Crippen LogP contribution < -0.4 is 15.4 Å². The van der Waals surface area contributed by atoms with Crippen LogP contribution in [0, 0.1) is 0 Å². The lowest BCUT2D eigenvalue weighted by Crippen LogP contribution is -2.26. The number of ether oxygens (including phenoxy) is 1. The molecule has 18 heavy (non-hydrogen) atoms. The molecule has 0 bridgehead atoms. The van der Waals surface area contributed by atoms with Crippen molar-refractivity contribution in [1.29, 1.82) is 0 Å². The zero-order valence-corrected chi connectivity index (χ0v) is 11.5. The number of anilines is 1. The molecule has 1 rings (SSSR count). The first kappa shape index (κ1) is 14.8. The topological polar surface area (TPSA) is 55.6 Å². The van der Waals surface area contributed by atoms with Crippen LogP contribution >= 0.6 is 11.6 Å². The van der Waals surface area contributed by atoms with E-state index in [0.29, 0.717) is 29.4 Å². The summed E-state index contributed by atoms with van der Waals surface area (Å²) in [5, 5.41) is 0.576. The minimum Gasteiger partial charge on any atom is -0.495 e. The summed E-state index contributed by atoms with van der Waals surface area (Å²) in [4.78, 5) is 13.6. The van der Waals surface area contributed by atoms with E-state index < -0.39 is 0 Å². The first-order valence-corrected chi connectivity index (χ1v) is 6.28. The van der Waals surface area contributed by atoms with E-state index in [0.717, 1.165) is 12.8 Å². The average Bonchev–Trinajstić information content (AvgIpc) is 2.38. The first-order chi connectivity index (χ1) is 8.60. The van der Waals surface area contributed by atoms with Crippen molar-refractivity contribution in [2.75, 3.05) is 25.6 Å². The zero-order valence-electron chi connectivity index (χ0n) is 10.8. The molecule has 1 amide bonds. The summed E-state index contributed by atoms with van der Waals surface area (Å²) in [7, 11) is 3.29. The number of halogens is 1. The highest BCUT2D eigenvalue weighted by Crippen LogP contribution is 2.30. The van der Waals surface area contributed by atoms with Gasteiger partial charge in [0.15, 0.2) is 0 Å². The lowest BCUT2D eigenvalue weighted by molar-refractivity contribution is -0.118. The fourth-order valence-corrected chi connectivity index (χ4v) is 1.81. The minimum absolute atomic E-state index is 0.0315. The molecule has 2 N–H and O–H groups in total. The van der Waals surface area contributed by atoms with Crippen LogP contribution in [0.1, 0.15) is 19.3 Å². The van der Waals surface area contributed by atoms with Crippen LogP contribution in [0.4, 0.5) is 5.69 Å². The summed E-state index contributed by atoms with van der Waals surface area (Å²) in [6, 6.07) is 5.21. The van der Waals surface area contributed by atoms with Crippen molar-refractivity contribution < 1.29 is 9.53 Å². The Balaban J connectivity index is 2.78. The number of nitrogens with two attached hydrogens (primary N) is 1. The monoisotopic (exact) mass is 270 g/mol. The molecule has 5 heteroatoms. The fourth-order valence-electron chi connectivity index (χ4n) is 1.65. The summed E-state index contributed by atoms with van der Waals surface area (Å²) in [5.41, 5.74) is 6.09. The summed E-state index contributed by atoms with van der Waals surface area (Å²) in [6.45, 7) is 0.609. The molecule has 1 aromatic carbocycles. The van der Waals surface area contributed by atoms with Gasteiger partial charge in [0.1, 0.15) is 5.75 Å². The number of rotatable bonds is 6. The third-order valence-corrected chi connectivity index (χ3v) is 2.96. The van der Waals surface area contributed by atoms with Crippen molar-refractivity contribution in [2.24, 2.45) is 5.73 Å². The normalized spacial score (nSPS) is 10.2. The molecule has 0 radical (unpaired) electrons. The Morgan fingerprint density at radius 3 is 2.78 bits per heavy atom. The smallest absolute Gasteiger partial charge is 0.226 e. The van der Waals surface area contributed by atoms with Gasteiger partial charge in [-0.3, -0.25) is 4.79 Å². The number of methoxy groups -OCH3 is 1. The lowest BCUT2D eigenvalue weighted by atomic mass is 10.2. The third-order valence-electron chi connectivity index (χ3n) is 2.72. The number of carbonyl (C=O) groups is 1. The molecular formula is C13H19ClN2O2. The van der Waals surface area contributed by atoms with Crippen LogP contribution in [0.5, 0.6) is 5.75 Å². The second-order valence-electron chi connectivity index (χ2n) is 4.01. The van der Waals surface area contributed by atoms with Crippen molar-refractivity contribution in [3.05, 3.63) is 23.2 Å². The second kappa shape index (κ2) is 7.24. The van der Waals surface area contributed by atoms with Gasteiger partial charge in [-0.15, -0.1) is 0 Å². The van der Waals surface area contributed by atoms with Crippen molar-refractivity contribution in [3.8, 4) is 5.75 Å². The highest BCUT2D eigenvalue weighted by molar-refractivity contribution is 6.31. The number of unbranched alkanes of at least 4 members (excludes halogenated alkanes) is 1. The molecule has 0 aliphatic carbocycles. The molecule has 0 unspecified atom stereocenters. The molecule has 0 saturated heterocycles. The molecule has 0 spiro atoms. The van der Waals surface area contributed by atoms with Crippen LogP contribution in [0.2, 0.25) is 5.02 Å². The van der Waals surface area contributed by atoms with Gasteiger partial charge in [0.2, 0.25) is 5.91 Å². The molecular weight excluding hydrogens is 252 g/mol. The number of hydrogen-bond donors (Lipinski definition) is 1. The Morgan fingerprint density at radius 2 is 2.17 bits per heavy atom. The van der Waals surface area contributed by atoms with E-state index in [4.69, 9.17) is 22.1 Å². The molecule has 0 aliphatic heterocycles. The van der Waals surface area contributed by atoms with E-state index in [1.807, 2.05) is 0 Å².